The number of aryl methyl sites for hydroxylation is 1. The summed E-state index contributed by atoms with van der Waals surface area (Å²) in [7, 11) is 0. The molecule has 8 heteroatoms. The minimum absolute atomic E-state index is 0.222. The number of rotatable bonds is 6. The van der Waals surface area contributed by atoms with Crippen molar-refractivity contribution in [2.24, 2.45) is 0 Å². The van der Waals surface area contributed by atoms with E-state index in [0.717, 1.165) is 41.1 Å². The Kier molecular flexibility index (Phi) is 4.95. The predicted molar refractivity (Wildman–Crippen MR) is 115 cm³/mol. The van der Waals surface area contributed by atoms with Crippen LogP contribution in [0.2, 0.25) is 0 Å². The van der Waals surface area contributed by atoms with Gasteiger partial charge in [0.25, 0.3) is 0 Å². The second-order valence-electron chi connectivity index (χ2n) is 7.22. The average molecular weight is 413 g/mol. The van der Waals surface area contributed by atoms with Crippen molar-refractivity contribution >= 4 is 5.65 Å². The Morgan fingerprint density at radius 2 is 1.77 bits per heavy atom. The van der Waals surface area contributed by atoms with Gasteiger partial charge in [-0.1, -0.05) is 43.7 Å². The van der Waals surface area contributed by atoms with Crippen LogP contribution >= 0.6 is 0 Å². The Bertz CT molecular complexity index is 1340. The Labute approximate surface area is 178 Å². The zero-order valence-corrected chi connectivity index (χ0v) is 17.0. The molecule has 0 radical (unpaired) electrons. The molecule has 1 aromatic carbocycles. The highest BCUT2D eigenvalue weighted by molar-refractivity contribution is 5.61. The zero-order chi connectivity index (χ0) is 21.2. The smallest absolute Gasteiger partial charge is 0.169 e. The highest BCUT2D eigenvalue weighted by Gasteiger charge is 2.18. The van der Waals surface area contributed by atoms with Crippen LogP contribution in [0.25, 0.3) is 28.6 Å². The summed E-state index contributed by atoms with van der Waals surface area (Å²) < 4.78 is 18.1. The van der Waals surface area contributed by atoms with Gasteiger partial charge >= 0.3 is 0 Å². The monoisotopic (exact) mass is 413 g/mol. The first kappa shape index (κ1) is 19.0. The average Bonchev–Trinajstić information content (AvgIpc) is 3.43. The van der Waals surface area contributed by atoms with Crippen LogP contribution in [-0.4, -0.2) is 34.1 Å². The summed E-state index contributed by atoms with van der Waals surface area (Å²) in [6, 6.07) is 12.9. The molecule has 0 atom stereocenters. The molecule has 0 saturated carbocycles. The van der Waals surface area contributed by atoms with Crippen LogP contribution < -0.4 is 0 Å². The lowest BCUT2D eigenvalue weighted by Crippen LogP contribution is -2.10. The van der Waals surface area contributed by atoms with Crippen molar-refractivity contribution in [1.29, 1.82) is 0 Å². The fraction of sp³-hybridized carbons (Fsp3) is 0.174. The summed E-state index contributed by atoms with van der Waals surface area (Å²) in [5.74, 6) is 0.816. The van der Waals surface area contributed by atoms with E-state index < -0.39 is 5.82 Å². The minimum Gasteiger partial charge on any atom is -0.324 e. The van der Waals surface area contributed by atoms with Gasteiger partial charge in [-0.3, -0.25) is 4.40 Å². The molecule has 0 amide bonds. The van der Waals surface area contributed by atoms with Crippen molar-refractivity contribution in [2.75, 3.05) is 0 Å². The van der Waals surface area contributed by atoms with E-state index in [1.807, 2.05) is 45.5 Å². The van der Waals surface area contributed by atoms with E-state index in [1.165, 1.54) is 6.07 Å². The summed E-state index contributed by atoms with van der Waals surface area (Å²) in [6.07, 6.45) is 8.51. The van der Waals surface area contributed by atoms with Crippen LogP contribution in [-0.2, 0) is 13.0 Å². The molecule has 31 heavy (non-hydrogen) atoms. The molecule has 0 spiro atoms. The van der Waals surface area contributed by atoms with E-state index in [-0.39, 0.29) is 5.69 Å². The van der Waals surface area contributed by atoms with E-state index in [9.17, 15) is 4.39 Å². The van der Waals surface area contributed by atoms with Gasteiger partial charge in [-0.15, -0.1) is 10.2 Å². The number of hydrogen-bond acceptors (Lipinski definition) is 5. The third kappa shape index (κ3) is 3.46. The zero-order valence-electron chi connectivity index (χ0n) is 17.0. The molecule has 0 fully saturated rings. The Morgan fingerprint density at radius 3 is 2.58 bits per heavy atom. The van der Waals surface area contributed by atoms with Gasteiger partial charge < -0.3 is 4.57 Å². The lowest BCUT2D eigenvalue weighted by atomic mass is 10.1. The molecular weight excluding hydrogens is 393 g/mol. The van der Waals surface area contributed by atoms with E-state index >= 15 is 0 Å². The number of pyridine rings is 1. The molecule has 0 aliphatic heterocycles. The maximum absolute atomic E-state index is 14.3. The van der Waals surface area contributed by atoms with Crippen LogP contribution in [0.15, 0.2) is 67.4 Å². The minimum atomic E-state index is -0.405. The predicted octanol–water partition coefficient (Wildman–Crippen LogP) is 4.19. The third-order valence-electron chi connectivity index (χ3n) is 5.18. The summed E-state index contributed by atoms with van der Waals surface area (Å²) in [5.41, 5.74) is 3.88. The van der Waals surface area contributed by atoms with Gasteiger partial charge in [-0.05, 0) is 18.6 Å². The molecule has 0 saturated heterocycles. The second kappa shape index (κ2) is 8.06. The number of hydrogen-bond donors (Lipinski definition) is 0. The molecule has 5 aromatic rings. The number of benzene rings is 1. The van der Waals surface area contributed by atoms with Gasteiger partial charge in [0.05, 0.1) is 12.2 Å². The summed E-state index contributed by atoms with van der Waals surface area (Å²) in [4.78, 5) is 13.2. The molecule has 0 N–H and O–H groups in total. The van der Waals surface area contributed by atoms with Crippen molar-refractivity contribution in [3.63, 3.8) is 0 Å². The first-order valence-corrected chi connectivity index (χ1v) is 10.1. The van der Waals surface area contributed by atoms with Gasteiger partial charge in [-0.2, -0.15) is 0 Å². The lowest BCUT2D eigenvalue weighted by Gasteiger charge is -2.12. The maximum atomic E-state index is 14.3. The van der Waals surface area contributed by atoms with E-state index in [1.54, 1.807) is 24.8 Å². The molecule has 154 valence electrons. The summed E-state index contributed by atoms with van der Waals surface area (Å²) in [6.45, 7) is 2.55. The largest absolute Gasteiger partial charge is 0.324 e. The topological polar surface area (TPSA) is 73.8 Å². The van der Waals surface area contributed by atoms with Crippen molar-refractivity contribution < 1.29 is 4.39 Å². The van der Waals surface area contributed by atoms with E-state index in [2.05, 4.69) is 27.1 Å². The summed E-state index contributed by atoms with van der Waals surface area (Å²) in [5, 5.41) is 8.89. The first-order chi connectivity index (χ1) is 15.3. The molecule has 0 unspecified atom stereocenters. The molecule has 0 aliphatic rings. The van der Waals surface area contributed by atoms with Crippen molar-refractivity contribution in [3.8, 4) is 22.9 Å². The van der Waals surface area contributed by atoms with Crippen LogP contribution in [0.1, 0.15) is 24.6 Å². The maximum Gasteiger partial charge on any atom is 0.169 e. The highest BCUT2D eigenvalue weighted by atomic mass is 19.1. The van der Waals surface area contributed by atoms with Gasteiger partial charge in [0.15, 0.2) is 23.1 Å². The SMILES string of the molecule is CCCc1c(Cn2ccnc2-c2ncccc2F)ncn2c(-c3ccccc3)nnc12. The number of aromatic nitrogens is 7. The van der Waals surface area contributed by atoms with E-state index in [0.29, 0.717) is 12.4 Å². The molecular formula is C23H20FN7. The standard InChI is InChI=1S/C23H20FN7/c1-2-7-17-19(14-30-13-12-26-23(30)20-18(24)10-6-11-25-20)27-15-31-21(28-29-22(17)31)16-8-4-3-5-9-16/h3-6,8-13,15H,2,7,14H2,1H3. The van der Waals surface area contributed by atoms with Crippen molar-refractivity contribution in [2.45, 2.75) is 26.3 Å². The number of nitrogens with zero attached hydrogens (tertiary/aromatic N) is 7. The molecule has 4 aromatic heterocycles. The van der Waals surface area contributed by atoms with Gasteiger partial charge in [0, 0.05) is 29.7 Å². The van der Waals surface area contributed by atoms with E-state index in [4.69, 9.17) is 4.98 Å². The second-order valence-corrected chi connectivity index (χ2v) is 7.22. The molecule has 4 heterocycles. The Hall–Kier alpha value is -3.94. The molecule has 7 nitrogen and oxygen atoms in total. The fourth-order valence-electron chi connectivity index (χ4n) is 3.73. The van der Waals surface area contributed by atoms with Crippen LogP contribution in [0.3, 0.4) is 0 Å². The van der Waals surface area contributed by atoms with Gasteiger partial charge in [0.1, 0.15) is 12.0 Å². The third-order valence-corrected chi connectivity index (χ3v) is 5.18. The number of fused-ring (bicyclic) bond motifs is 1. The summed E-state index contributed by atoms with van der Waals surface area (Å²) >= 11 is 0. The van der Waals surface area contributed by atoms with Gasteiger partial charge in [0.2, 0.25) is 0 Å². The Morgan fingerprint density at radius 1 is 0.903 bits per heavy atom. The number of imidazole rings is 1. The van der Waals surface area contributed by atoms with Crippen molar-refractivity contribution in [3.05, 3.63) is 84.5 Å². The fourth-order valence-corrected chi connectivity index (χ4v) is 3.73. The lowest BCUT2D eigenvalue weighted by molar-refractivity contribution is 0.621. The van der Waals surface area contributed by atoms with Crippen LogP contribution in [0.5, 0.6) is 0 Å². The highest BCUT2D eigenvalue weighted by Crippen LogP contribution is 2.24. The van der Waals surface area contributed by atoms with Crippen LogP contribution in [0, 0.1) is 5.82 Å². The molecule has 0 aliphatic carbocycles. The van der Waals surface area contributed by atoms with Crippen LogP contribution in [0.4, 0.5) is 4.39 Å². The van der Waals surface area contributed by atoms with Gasteiger partial charge in [-0.25, -0.2) is 19.3 Å². The first-order valence-electron chi connectivity index (χ1n) is 10.1. The quantitative estimate of drug-likeness (QED) is 0.417. The molecule has 5 rings (SSSR count). The normalized spacial score (nSPS) is 11.3. The van der Waals surface area contributed by atoms with Crippen molar-refractivity contribution in [1.82, 2.24) is 34.1 Å². The Balaban J connectivity index is 1.58. The molecule has 0 bridgehead atoms. The number of halogens is 1.